The van der Waals surface area contributed by atoms with Crippen LogP contribution in [0.2, 0.25) is 0 Å². The molecule has 0 unspecified atom stereocenters. The second-order valence-electron chi connectivity index (χ2n) is 0.816. The van der Waals surface area contributed by atoms with Crippen molar-refractivity contribution in [3.05, 3.63) is 6.42 Å². The van der Waals surface area contributed by atoms with Gasteiger partial charge in [0.2, 0.25) is 0 Å². The molecule has 0 heterocycles. The third-order valence-electron chi connectivity index (χ3n) is 0.408. The van der Waals surface area contributed by atoms with Gasteiger partial charge >= 0.3 is 0 Å². The van der Waals surface area contributed by atoms with Crippen molar-refractivity contribution in [2.75, 3.05) is 0 Å². The molecule has 0 nitrogen and oxygen atoms in total. The van der Waals surface area contributed by atoms with Gasteiger partial charge in [-0.2, -0.15) is 13.3 Å². The zero-order chi connectivity index (χ0) is 3.41. The molecule has 0 saturated carbocycles. The maximum Gasteiger partial charge on any atom is 0 e. The molecule has 2 heteroatoms. The molecule has 0 bridgehead atoms. The third kappa shape index (κ3) is 17.4. The Balaban J connectivity index is -0.0000000450. The number of hydrogen-bond acceptors (Lipinski definition) is 0. The smallest absolute Gasteiger partial charge is 0 e. The van der Waals surface area contributed by atoms with Crippen molar-refractivity contribution in [1.29, 1.82) is 0 Å². The fourth-order valence-corrected chi connectivity index (χ4v) is 0. The molecular formula is C4H9UV-. The predicted molar refractivity (Wildman–Crippen MR) is 20.3 cm³/mol. The zero-order valence-corrected chi connectivity index (χ0v) is 9.79. The summed E-state index contributed by atoms with van der Waals surface area (Å²) in [5.74, 6) is 0. The van der Waals surface area contributed by atoms with E-state index in [2.05, 4.69) is 20.3 Å². The van der Waals surface area contributed by atoms with Crippen molar-refractivity contribution in [2.24, 2.45) is 0 Å². The van der Waals surface area contributed by atoms with Gasteiger partial charge in [-0.1, -0.05) is 6.92 Å². The Labute approximate surface area is 75.7 Å². The topological polar surface area (TPSA) is 0 Å². The van der Waals surface area contributed by atoms with E-state index in [1.54, 1.807) is 0 Å². The van der Waals surface area contributed by atoms with Gasteiger partial charge in [0.05, 0.1) is 0 Å². The van der Waals surface area contributed by atoms with Gasteiger partial charge in [0, 0.05) is 49.7 Å². The summed E-state index contributed by atoms with van der Waals surface area (Å²) in [6.45, 7) is 4.18. The Morgan fingerprint density at radius 3 is 1.67 bits per heavy atom. The molecule has 0 aromatic carbocycles. The summed E-state index contributed by atoms with van der Waals surface area (Å²) >= 11 is 0. The van der Waals surface area contributed by atoms with Crippen LogP contribution in [0, 0.1) is 37.5 Å². The van der Waals surface area contributed by atoms with Gasteiger partial charge in [0.1, 0.15) is 0 Å². The Hall–Kier alpha value is 1.64. The number of rotatable bonds is 1. The van der Waals surface area contributed by atoms with Gasteiger partial charge in [-0.3, -0.25) is 0 Å². The molecule has 0 aliphatic heterocycles. The predicted octanol–water partition coefficient (Wildman–Crippen LogP) is 1.62. The van der Waals surface area contributed by atoms with Crippen LogP contribution in [-0.4, -0.2) is 0 Å². The van der Waals surface area contributed by atoms with Crippen LogP contribution < -0.4 is 0 Å². The summed E-state index contributed by atoms with van der Waals surface area (Å²) in [5.41, 5.74) is 0. The molecule has 0 spiro atoms. The van der Waals surface area contributed by atoms with Crippen molar-refractivity contribution >= 4 is 0 Å². The van der Waals surface area contributed by atoms with E-state index in [4.69, 9.17) is 0 Å². The normalized spacial score (nSPS) is 5.00. The third-order valence-corrected chi connectivity index (χ3v) is 0.408. The maximum atomic E-state index is 2.12. The van der Waals surface area contributed by atoms with Gasteiger partial charge in [-0.15, -0.1) is 0 Å². The molecule has 0 aliphatic carbocycles. The number of hydrogen-bond donors (Lipinski definition) is 0. The van der Waals surface area contributed by atoms with E-state index in [1.165, 1.54) is 6.42 Å². The molecule has 0 atom stereocenters. The first-order valence-corrected chi connectivity index (χ1v) is 1.69. The van der Waals surface area contributed by atoms with Gasteiger partial charge in [0.15, 0.2) is 0 Å². The molecule has 0 rings (SSSR count). The van der Waals surface area contributed by atoms with Crippen LogP contribution in [0.25, 0.3) is 0 Å². The van der Waals surface area contributed by atoms with Crippen molar-refractivity contribution in [2.45, 2.75) is 20.3 Å². The van der Waals surface area contributed by atoms with E-state index in [-0.39, 0.29) is 49.7 Å². The van der Waals surface area contributed by atoms with Crippen LogP contribution in [0.15, 0.2) is 0 Å². The second kappa shape index (κ2) is 15.9. The fourth-order valence-electron chi connectivity index (χ4n) is 0. The molecule has 35 valence electrons. The minimum Gasteiger partial charge on any atom is -0.332 e. The van der Waals surface area contributed by atoms with Gasteiger partial charge in [-0.05, 0) is 0 Å². The quantitative estimate of drug-likeness (QED) is 0.633. The molecule has 0 amide bonds. The molecule has 0 saturated heterocycles. The minimum absolute atomic E-state index is 0. The summed E-state index contributed by atoms with van der Waals surface area (Å²) in [7, 11) is 0. The van der Waals surface area contributed by atoms with E-state index in [9.17, 15) is 0 Å². The first-order chi connectivity index (χ1) is 1.91. The summed E-state index contributed by atoms with van der Waals surface area (Å²) in [6.07, 6.45) is 3.32. The van der Waals surface area contributed by atoms with Crippen molar-refractivity contribution in [3.63, 3.8) is 0 Å². The molecule has 0 aliphatic rings. The van der Waals surface area contributed by atoms with Crippen LogP contribution in [0.4, 0.5) is 0 Å². The summed E-state index contributed by atoms with van der Waals surface area (Å²) < 4.78 is 0. The van der Waals surface area contributed by atoms with Crippen molar-refractivity contribution in [1.82, 2.24) is 0 Å². The van der Waals surface area contributed by atoms with E-state index in [1.807, 2.05) is 0 Å². The number of unbranched alkanes of at least 4 members (excludes halogenated alkanes) is 1. The second-order valence-corrected chi connectivity index (χ2v) is 0.816. The largest absolute Gasteiger partial charge is 0.332 e. The average Bonchev–Trinajstić information content (AvgIpc) is 1.37. The Bertz CT molecular complexity index is 9.51. The van der Waals surface area contributed by atoms with Crippen LogP contribution >= 0.6 is 0 Å². The van der Waals surface area contributed by atoms with Crippen molar-refractivity contribution in [3.8, 4) is 0 Å². The van der Waals surface area contributed by atoms with E-state index >= 15 is 0 Å². The molecule has 0 fully saturated rings. The fraction of sp³-hybridized carbons (Fsp3) is 0.750. The Morgan fingerprint density at radius 2 is 1.67 bits per heavy atom. The minimum atomic E-state index is 0. The van der Waals surface area contributed by atoms with Gasteiger partial charge < -0.3 is 6.42 Å². The molecule has 0 N–H and O–H groups in total. The van der Waals surface area contributed by atoms with Gasteiger partial charge in [-0.25, -0.2) is 0 Å². The first-order valence-electron chi connectivity index (χ1n) is 1.69. The van der Waals surface area contributed by atoms with E-state index in [0.29, 0.717) is 0 Å². The van der Waals surface area contributed by atoms with Crippen LogP contribution in [-0.2, 0) is 18.6 Å². The monoisotopic (exact) mass is 346 g/mol. The maximum absolute atomic E-state index is 2.12. The van der Waals surface area contributed by atoms with E-state index < -0.39 is 0 Å². The summed E-state index contributed by atoms with van der Waals surface area (Å²) in [5, 5.41) is 0. The molecular weight excluding hydrogens is 337 g/mol. The first kappa shape index (κ1) is 15.6. The van der Waals surface area contributed by atoms with Crippen LogP contribution in [0.3, 0.4) is 0 Å². The van der Waals surface area contributed by atoms with Crippen molar-refractivity contribution < 1.29 is 49.7 Å². The summed E-state index contributed by atoms with van der Waals surface area (Å²) in [6, 6.07) is 0. The summed E-state index contributed by atoms with van der Waals surface area (Å²) in [4.78, 5) is 0. The molecule has 0 aromatic rings. The average molecular weight is 346 g/mol. The molecule has 1 radical (unpaired) electrons. The van der Waals surface area contributed by atoms with Gasteiger partial charge in [0.25, 0.3) is 0 Å². The Morgan fingerprint density at radius 1 is 1.50 bits per heavy atom. The Kier molecular flexibility index (Phi) is 41.6. The molecule has 6 heavy (non-hydrogen) atoms. The van der Waals surface area contributed by atoms with E-state index in [0.717, 1.165) is 0 Å². The molecule has 0 aromatic heterocycles. The SMILES string of the molecule is C[CH-]CC.[U].[V]. The van der Waals surface area contributed by atoms with Crippen LogP contribution in [0.1, 0.15) is 20.3 Å². The zero-order valence-electron chi connectivity index (χ0n) is 4.23. The van der Waals surface area contributed by atoms with Crippen LogP contribution in [0.5, 0.6) is 0 Å². The standard InChI is InChI=1S/C4H9.U.V/c1-3-4-2;;/h3H,4H2,1-2H3;;/q-1;;.